The van der Waals surface area contributed by atoms with E-state index in [0.717, 1.165) is 15.7 Å². The van der Waals surface area contributed by atoms with Gasteiger partial charge in [-0.25, -0.2) is 4.98 Å². The molecule has 0 aliphatic heterocycles. The monoisotopic (exact) mass is 479 g/mol. The van der Waals surface area contributed by atoms with Gasteiger partial charge in [0.1, 0.15) is 11.5 Å². The van der Waals surface area contributed by atoms with Crippen molar-refractivity contribution >= 4 is 15.9 Å². The van der Waals surface area contributed by atoms with Crippen molar-refractivity contribution in [1.29, 1.82) is 0 Å². The van der Waals surface area contributed by atoms with Crippen LogP contribution in [-0.4, -0.2) is 21.5 Å². The standard InChI is InChI=1S/C20H13BrF3N3O3/c1-11-16(10-12-3-2-4-14(21)9-12)25-18(28-11)19-26-17(27-30-19)13-5-7-15(8-6-13)29-20(22,23)24/h2-9H,10H2,1H3. The van der Waals surface area contributed by atoms with Gasteiger partial charge in [-0.3, -0.25) is 0 Å². The zero-order valence-electron chi connectivity index (χ0n) is 15.4. The van der Waals surface area contributed by atoms with E-state index >= 15 is 0 Å². The average Bonchev–Trinajstić information content (AvgIpc) is 3.29. The minimum absolute atomic E-state index is 0.0733. The Hall–Kier alpha value is -3.14. The fraction of sp³-hybridized carbons (Fsp3) is 0.150. The molecule has 4 aromatic rings. The van der Waals surface area contributed by atoms with Crippen molar-refractivity contribution in [1.82, 2.24) is 15.1 Å². The summed E-state index contributed by atoms with van der Waals surface area (Å²) in [6.07, 6.45) is -4.19. The van der Waals surface area contributed by atoms with Gasteiger partial charge in [0.05, 0.1) is 5.69 Å². The highest BCUT2D eigenvalue weighted by atomic mass is 79.9. The predicted octanol–water partition coefficient (Wildman–Crippen LogP) is 5.95. The van der Waals surface area contributed by atoms with Gasteiger partial charge < -0.3 is 13.7 Å². The molecule has 2 aromatic heterocycles. The molecule has 0 amide bonds. The maximum atomic E-state index is 12.3. The van der Waals surface area contributed by atoms with E-state index in [-0.39, 0.29) is 23.4 Å². The molecule has 30 heavy (non-hydrogen) atoms. The van der Waals surface area contributed by atoms with Crippen LogP contribution in [0.25, 0.3) is 23.2 Å². The number of alkyl halides is 3. The highest BCUT2D eigenvalue weighted by Crippen LogP contribution is 2.28. The Kier molecular flexibility index (Phi) is 5.33. The van der Waals surface area contributed by atoms with Gasteiger partial charge in [0.15, 0.2) is 0 Å². The lowest BCUT2D eigenvalue weighted by atomic mass is 10.1. The molecule has 6 nitrogen and oxygen atoms in total. The molecule has 0 saturated carbocycles. The first-order chi connectivity index (χ1) is 14.3. The average molecular weight is 480 g/mol. The molecule has 2 heterocycles. The Balaban J connectivity index is 1.53. The molecule has 2 aromatic carbocycles. The molecule has 0 saturated heterocycles. The molecule has 154 valence electrons. The van der Waals surface area contributed by atoms with Crippen LogP contribution in [0.15, 0.2) is 61.9 Å². The lowest BCUT2D eigenvalue weighted by Gasteiger charge is -2.08. The highest BCUT2D eigenvalue weighted by molar-refractivity contribution is 9.10. The third-order valence-electron chi connectivity index (χ3n) is 4.11. The predicted molar refractivity (Wildman–Crippen MR) is 104 cm³/mol. The Morgan fingerprint density at radius 1 is 1.03 bits per heavy atom. The molecule has 0 N–H and O–H groups in total. The topological polar surface area (TPSA) is 74.2 Å². The van der Waals surface area contributed by atoms with Gasteiger partial charge in [-0.2, -0.15) is 4.98 Å². The lowest BCUT2D eigenvalue weighted by Crippen LogP contribution is -2.16. The van der Waals surface area contributed by atoms with Crippen LogP contribution in [-0.2, 0) is 6.42 Å². The van der Waals surface area contributed by atoms with Crippen LogP contribution in [0.4, 0.5) is 13.2 Å². The maximum absolute atomic E-state index is 12.3. The Bertz CT molecular complexity index is 1170. The van der Waals surface area contributed by atoms with Gasteiger partial charge in [0.25, 0.3) is 5.89 Å². The summed E-state index contributed by atoms with van der Waals surface area (Å²) in [6.45, 7) is 1.79. The second kappa shape index (κ2) is 7.94. The van der Waals surface area contributed by atoms with E-state index in [1.54, 1.807) is 6.92 Å². The minimum Gasteiger partial charge on any atom is -0.438 e. The van der Waals surface area contributed by atoms with Crippen molar-refractivity contribution < 1.29 is 26.8 Å². The van der Waals surface area contributed by atoms with E-state index in [0.29, 0.717) is 17.7 Å². The third kappa shape index (κ3) is 4.70. The normalized spacial score (nSPS) is 11.6. The van der Waals surface area contributed by atoms with E-state index in [1.165, 1.54) is 24.3 Å². The Morgan fingerprint density at radius 3 is 2.50 bits per heavy atom. The molecular weight excluding hydrogens is 467 g/mol. The summed E-state index contributed by atoms with van der Waals surface area (Å²) in [7, 11) is 0. The van der Waals surface area contributed by atoms with Crippen LogP contribution in [0, 0.1) is 6.92 Å². The fourth-order valence-corrected chi connectivity index (χ4v) is 3.20. The number of oxazole rings is 1. The van der Waals surface area contributed by atoms with Crippen LogP contribution < -0.4 is 4.74 Å². The first-order valence-corrected chi connectivity index (χ1v) is 9.47. The van der Waals surface area contributed by atoms with Gasteiger partial charge in [0, 0.05) is 16.5 Å². The van der Waals surface area contributed by atoms with E-state index in [1.807, 2.05) is 24.3 Å². The summed E-state index contributed by atoms with van der Waals surface area (Å²) in [5, 5.41) is 3.85. The van der Waals surface area contributed by atoms with Crippen LogP contribution in [0.3, 0.4) is 0 Å². The largest absolute Gasteiger partial charge is 0.573 e. The van der Waals surface area contributed by atoms with Crippen LogP contribution >= 0.6 is 15.9 Å². The van der Waals surface area contributed by atoms with E-state index in [4.69, 9.17) is 8.94 Å². The molecule has 0 unspecified atom stereocenters. The summed E-state index contributed by atoms with van der Waals surface area (Å²) in [5.74, 6) is 0.722. The zero-order chi connectivity index (χ0) is 21.3. The van der Waals surface area contributed by atoms with Gasteiger partial charge in [-0.15, -0.1) is 13.2 Å². The van der Waals surface area contributed by atoms with Crippen LogP contribution in [0.2, 0.25) is 0 Å². The molecular formula is C20H13BrF3N3O3. The number of aromatic nitrogens is 3. The fourth-order valence-electron chi connectivity index (χ4n) is 2.76. The summed E-state index contributed by atoms with van der Waals surface area (Å²) in [6, 6.07) is 13.0. The summed E-state index contributed by atoms with van der Waals surface area (Å²) in [5.41, 5.74) is 2.24. The lowest BCUT2D eigenvalue weighted by molar-refractivity contribution is -0.274. The van der Waals surface area contributed by atoms with E-state index in [9.17, 15) is 13.2 Å². The van der Waals surface area contributed by atoms with Gasteiger partial charge >= 0.3 is 12.3 Å². The summed E-state index contributed by atoms with van der Waals surface area (Å²) >= 11 is 3.44. The third-order valence-corrected chi connectivity index (χ3v) is 4.60. The number of hydrogen-bond donors (Lipinski definition) is 0. The quantitative estimate of drug-likeness (QED) is 0.352. The molecule has 4 rings (SSSR count). The SMILES string of the molecule is Cc1oc(-c2nc(-c3ccc(OC(F)(F)F)cc3)no2)nc1Cc1cccc(Br)c1. The zero-order valence-corrected chi connectivity index (χ0v) is 17.0. The molecule has 0 fully saturated rings. The molecule has 0 bridgehead atoms. The van der Waals surface area contributed by atoms with E-state index < -0.39 is 6.36 Å². The highest BCUT2D eigenvalue weighted by Gasteiger charge is 2.31. The minimum atomic E-state index is -4.75. The Labute approximate surface area is 176 Å². The number of halogens is 4. The number of aryl methyl sites for hydroxylation is 1. The molecule has 0 spiro atoms. The van der Waals surface area contributed by atoms with Gasteiger partial charge in [0.2, 0.25) is 5.82 Å². The number of nitrogens with zero attached hydrogens (tertiary/aromatic N) is 3. The van der Waals surface area contributed by atoms with Gasteiger partial charge in [-0.05, 0) is 48.9 Å². The van der Waals surface area contributed by atoms with Crippen molar-refractivity contribution in [3.63, 3.8) is 0 Å². The van der Waals surface area contributed by atoms with Crippen molar-refractivity contribution in [2.45, 2.75) is 19.7 Å². The van der Waals surface area contributed by atoms with Crippen molar-refractivity contribution in [3.05, 3.63) is 70.0 Å². The number of hydrogen-bond acceptors (Lipinski definition) is 6. The van der Waals surface area contributed by atoms with Crippen LogP contribution in [0.1, 0.15) is 17.0 Å². The summed E-state index contributed by atoms with van der Waals surface area (Å²) < 4.78 is 52.5. The van der Waals surface area contributed by atoms with Crippen LogP contribution in [0.5, 0.6) is 5.75 Å². The van der Waals surface area contributed by atoms with Crippen molar-refractivity contribution in [3.8, 4) is 28.9 Å². The number of ether oxygens (including phenoxy) is 1. The first kappa shape index (κ1) is 20.1. The first-order valence-electron chi connectivity index (χ1n) is 8.68. The molecule has 0 aliphatic carbocycles. The Morgan fingerprint density at radius 2 is 1.80 bits per heavy atom. The van der Waals surface area contributed by atoms with Gasteiger partial charge in [-0.1, -0.05) is 33.2 Å². The molecule has 0 aliphatic rings. The van der Waals surface area contributed by atoms with Crippen molar-refractivity contribution in [2.24, 2.45) is 0 Å². The number of rotatable bonds is 5. The van der Waals surface area contributed by atoms with Crippen molar-refractivity contribution in [2.75, 3.05) is 0 Å². The molecule has 0 radical (unpaired) electrons. The molecule has 0 atom stereocenters. The van der Waals surface area contributed by atoms with E-state index in [2.05, 4.69) is 35.8 Å². The number of benzene rings is 2. The second-order valence-corrected chi connectivity index (χ2v) is 7.24. The molecule has 10 heteroatoms. The smallest absolute Gasteiger partial charge is 0.438 e. The second-order valence-electron chi connectivity index (χ2n) is 6.32. The maximum Gasteiger partial charge on any atom is 0.573 e. The summed E-state index contributed by atoms with van der Waals surface area (Å²) in [4.78, 5) is 8.67.